The molecule has 5 heteroatoms. The highest BCUT2D eigenvalue weighted by Crippen LogP contribution is 2.16. The van der Waals surface area contributed by atoms with Crippen LogP contribution in [0.15, 0.2) is 12.4 Å². The molecule has 0 saturated carbocycles. The van der Waals surface area contributed by atoms with Crippen LogP contribution < -0.4 is 5.73 Å². The molecule has 0 saturated heterocycles. The first-order valence-corrected chi connectivity index (χ1v) is 3.38. The van der Waals surface area contributed by atoms with E-state index in [0.717, 1.165) is 0 Å². The summed E-state index contributed by atoms with van der Waals surface area (Å²) in [6, 6.07) is 1.79. The van der Waals surface area contributed by atoms with Gasteiger partial charge in [-0.15, -0.1) is 0 Å². The van der Waals surface area contributed by atoms with Gasteiger partial charge in [0.25, 0.3) is 5.24 Å². The summed E-state index contributed by atoms with van der Waals surface area (Å²) in [7, 11) is 0. The van der Waals surface area contributed by atoms with Crippen molar-refractivity contribution in [3.63, 3.8) is 0 Å². The Kier molecular flexibility index (Phi) is 2.26. The van der Waals surface area contributed by atoms with Crippen LogP contribution in [0.4, 0.5) is 5.69 Å². The average molecular weight is 182 g/mol. The van der Waals surface area contributed by atoms with Gasteiger partial charge in [0, 0.05) is 12.4 Å². The van der Waals surface area contributed by atoms with Gasteiger partial charge in [0.15, 0.2) is 0 Å². The van der Waals surface area contributed by atoms with Crippen molar-refractivity contribution in [1.29, 1.82) is 5.26 Å². The van der Waals surface area contributed by atoms with E-state index in [0.29, 0.717) is 0 Å². The Hall–Kier alpha value is -1.60. The van der Waals surface area contributed by atoms with Gasteiger partial charge in [-0.05, 0) is 11.6 Å². The molecule has 0 aromatic carbocycles. The molecule has 0 fully saturated rings. The molecule has 0 atom stereocenters. The Morgan fingerprint density at radius 2 is 2.33 bits per heavy atom. The molecule has 12 heavy (non-hydrogen) atoms. The summed E-state index contributed by atoms with van der Waals surface area (Å²) in [6.45, 7) is 0. The van der Waals surface area contributed by atoms with Crippen LogP contribution in [0.3, 0.4) is 0 Å². The Morgan fingerprint density at radius 3 is 2.83 bits per heavy atom. The molecule has 1 rings (SSSR count). The Bertz CT molecular complexity index is 369. The van der Waals surface area contributed by atoms with E-state index < -0.39 is 5.24 Å². The van der Waals surface area contributed by atoms with Gasteiger partial charge in [-0.25, -0.2) is 0 Å². The minimum absolute atomic E-state index is 0.0655. The van der Waals surface area contributed by atoms with Gasteiger partial charge in [0.05, 0.1) is 16.8 Å². The predicted molar refractivity (Wildman–Crippen MR) is 43.5 cm³/mol. The summed E-state index contributed by atoms with van der Waals surface area (Å²) in [5, 5.41) is 7.79. The second-order valence-electron chi connectivity index (χ2n) is 2.03. The van der Waals surface area contributed by atoms with E-state index in [1.54, 1.807) is 6.07 Å². The maximum absolute atomic E-state index is 10.7. The van der Waals surface area contributed by atoms with Crippen LogP contribution in [0, 0.1) is 11.3 Å². The zero-order valence-corrected chi connectivity index (χ0v) is 6.67. The molecular formula is C7H4ClN3O. The number of carbonyl (C=O) groups excluding carboxylic acids is 1. The minimum Gasteiger partial charge on any atom is -0.397 e. The van der Waals surface area contributed by atoms with Crippen LogP contribution in [0.2, 0.25) is 0 Å². The van der Waals surface area contributed by atoms with Crippen LogP contribution in [0.25, 0.3) is 0 Å². The Balaban J connectivity index is 3.35. The van der Waals surface area contributed by atoms with E-state index in [-0.39, 0.29) is 16.8 Å². The van der Waals surface area contributed by atoms with Gasteiger partial charge in [0.1, 0.15) is 6.07 Å². The third-order valence-electron chi connectivity index (χ3n) is 1.32. The summed E-state index contributed by atoms with van der Waals surface area (Å²) in [5.74, 6) is 0. The standard InChI is InChI=1S/C7H4ClN3O/c8-7(12)5-3-11-2-4(1-9)6(5)10/h2-3H,(H2,10,11). The molecule has 4 nitrogen and oxygen atoms in total. The van der Waals surface area contributed by atoms with Gasteiger partial charge < -0.3 is 5.73 Å². The van der Waals surface area contributed by atoms with E-state index in [4.69, 9.17) is 22.6 Å². The zero-order chi connectivity index (χ0) is 9.14. The number of anilines is 1. The monoisotopic (exact) mass is 181 g/mol. The van der Waals surface area contributed by atoms with Gasteiger partial charge in [-0.1, -0.05) is 0 Å². The number of rotatable bonds is 1. The van der Waals surface area contributed by atoms with Crippen molar-refractivity contribution in [2.75, 3.05) is 5.73 Å². The number of pyridine rings is 1. The lowest BCUT2D eigenvalue weighted by atomic mass is 10.2. The summed E-state index contributed by atoms with van der Waals surface area (Å²) in [4.78, 5) is 14.3. The SMILES string of the molecule is N#Cc1cncc(C(=O)Cl)c1N. The van der Waals surface area contributed by atoms with Gasteiger partial charge >= 0.3 is 0 Å². The van der Waals surface area contributed by atoms with Gasteiger partial charge in [-0.2, -0.15) is 5.26 Å². The third-order valence-corrected chi connectivity index (χ3v) is 1.52. The smallest absolute Gasteiger partial charge is 0.256 e. The van der Waals surface area contributed by atoms with Gasteiger partial charge in [-0.3, -0.25) is 9.78 Å². The lowest BCUT2D eigenvalue weighted by Gasteiger charge is -1.99. The molecule has 0 unspecified atom stereocenters. The number of carbonyl (C=O) groups is 1. The van der Waals surface area contributed by atoms with Gasteiger partial charge in [0.2, 0.25) is 0 Å². The molecule has 0 spiro atoms. The first-order valence-electron chi connectivity index (χ1n) is 3.00. The van der Waals surface area contributed by atoms with Crippen LogP contribution >= 0.6 is 11.6 Å². The fourth-order valence-electron chi connectivity index (χ4n) is 0.716. The largest absolute Gasteiger partial charge is 0.397 e. The molecule has 60 valence electrons. The summed E-state index contributed by atoms with van der Waals surface area (Å²) < 4.78 is 0. The summed E-state index contributed by atoms with van der Waals surface area (Å²) in [6.07, 6.45) is 2.50. The van der Waals surface area contributed by atoms with E-state index in [1.807, 2.05) is 0 Å². The number of nitrogens with two attached hydrogens (primary N) is 1. The molecule has 1 aromatic heterocycles. The molecule has 0 amide bonds. The summed E-state index contributed by atoms with van der Waals surface area (Å²) in [5.41, 5.74) is 5.72. The topological polar surface area (TPSA) is 79.8 Å². The highest BCUT2D eigenvalue weighted by molar-refractivity contribution is 6.68. The highest BCUT2D eigenvalue weighted by Gasteiger charge is 2.10. The molecule has 1 aromatic rings. The van der Waals surface area contributed by atoms with Crippen LogP contribution in [0.5, 0.6) is 0 Å². The molecular weight excluding hydrogens is 178 g/mol. The maximum Gasteiger partial charge on any atom is 0.256 e. The van der Waals surface area contributed by atoms with E-state index in [2.05, 4.69) is 4.98 Å². The van der Waals surface area contributed by atoms with Crippen molar-refractivity contribution in [2.45, 2.75) is 0 Å². The number of nitriles is 1. The van der Waals surface area contributed by atoms with Crippen LogP contribution in [0.1, 0.15) is 15.9 Å². The lowest BCUT2D eigenvalue weighted by molar-refractivity contribution is 0.108. The fraction of sp³-hybridized carbons (Fsp3) is 0. The van der Waals surface area contributed by atoms with Crippen molar-refractivity contribution in [1.82, 2.24) is 4.98 Å². The number of nitrogen functional groups attached to an aromatic ring is 1. The number of nitrogens with zero attached hydrogens (tertiary/aromatic N) is 2. The number of halogens is 1. The van der Waals surface area contributed by atoms with E-state index in [1.165, 1.54) is 12.4 Å². The second-order valence-corrected chi connectivity index (χ2v) is 2.38. The highest BCUT2D eigenvalue weighted by atomic mass is 35.5. The normalized spacial score (nSPS) is 9.00. The van der Waals surface area contributed by atoms with E-state index in [9.17, 15) is 4.79 Å². The molecule has 0 bridgehead atoms. The van der Waals surface area contributed by atoms with Crippen LogP contribution in [-0.2, 0) is 0 Å². The average Bonchev–Trinajstić information content (AvgIpc) is 2.04. The Labute approximate surface area is 73.6 Å². The molecule has 0 aliphatic rings. The molecule has 0 aliphatic heterocycles. The second kappa shape index (κ2) is 3.20. The first kappa shape index (κ1) is 8.50. The number of aromatic nitrogens is 1. The molecule has 1 heterocycles. The van der Waals surface area contributed by atoms with Crippen molar-refractivity contribution in [3.05, 3.63) is 23.5 Å². The van der Waals surface area contributed by atoms with Crippen LogP contribution in [-0.4, -0.2) is 10.2 Å². The van der Waals surface area contributed by atoms with Crippen molar-refractivity contribution < 1.29 is 4.79 Å². The van der Waals surface area contributed by atoms with Crippen molar-refractivity contribution in [2.24, 2.45) is 0 Å². The maximum atomic E-state index is 10.7. The lowest BCUT2D eigenvalue weighted by Crippen LogP contribution is -2.01. The number of hydrogen-bond acceptors (Lipinski definition) is 4. The summed E-state index contributed by atoms with van der Waals surface area (Å²) >= 11 is 5.17. The fourth-order valence-corrected chi connectivity index (χ4v) is 0.867. The third kappa shape index (κ3) is 1.36. The van der Waals surface area contributed by atoms with E-state index >= 15 is 0 Å². The Morgan fingerprint density at radius 1 is 1.67 bits per heavy atom. The molecule has 2 N–H and O–H groups in total. The minimum atomic E-state index is -0.711. The molecule has 0 aliphatic carbocycles. The first-order chi connectivity index (χ1) is 5.66. The number of hydrogen-bond donors (Lipinski definition) is 1. The zero-order valence-electron chi connectivity index (χ0n) is 5.91. The van der Waals surface area contributed by atoms with Crippen molar-refractivity contribution in [3.8, 4) is 6.07 Å². The quantitative estimate of drug-likeness (QED) is 0.654. The van der Waals surface area contributed by atoms with Crippen molar-refractivity contribution >= 4 is 22.5 Å². The predicted octanol–water partition coefficient (Wildman–Crippen LogP) is 0.914. The molecule has 0 radical (unpaired) electrons.